The van der Waals surface area contributed by atoms with Crippen LogP contribution in [0.15, 0.2) is 0 Å². The second-order valence-electron chi connectivity index (χ2n) is 5.10. The molecule has 0 bridgehead atoms. The van der Waals surface area contributed by atoms with Gasteiger partial charge in [0, 0.05) is 13.0 Å². The highest BCUT2D eigenvalue weighted by Crippen LogP contribution is 2.24. The lowest BCUT2D eigenvalue weighted by molar-refractivity contribution is -0.113. The van der Waals surface area contributed by atoms with Gasteiger partial charge in [0.1, 0.15) is 0 Å². The number of alkyl halides is 3. The van der Waals surface area contributed by atoms with Gasteiger partial charge >= 0.3 is 6.18 Å². The van der Waals surface area contributed by atoms with Gasteiger partial charge < -0.3 is 5.32 Å². The molecule has 0 atom stereocenters. The fraction of sp³-hybridized carbons (Fsp3) is 0.750. The smallest absolute Gasteiger partial charge is 0.317 e. The molecule has 1 amide bonds. The second-order valence-corrected chi connectivity index (χ2v) is 6.08. The number of nitrogens with zero attached hydrogens (tertiary/aromatic N) is 3. The van der Waals surface area contributed by atoms with Crippen LogP contribution in [-0.2, 0) is 11.8 Å². The first-order chi connectivity index (χ1) is 10.3. The number of piperidine rings is 1. The van der Waals surface area contributed by atoms with Gasteiger partial charge in [-0.15, -0.1) is 24.2 Å². The highest BCUT2D eigenvalue weighted by Gasteiger charge is 2.27. The molecular weight excluding hydrogens is 355 g/mol. The summed E-state index contributed by atoms with van der Waals surface area (Å²) in [6, 6.07) is 0. The maximum atomic E-state index is 12.0. The predicted octanol–water partition coefficient (Wildman–Crippen LogP) is 1.94. The minimum Gasteiger partial charge on any atom is -0.317 e. The van der Waals surface area contributed by atoms with E-state index in [0.717, 1.165) is 25.9 Å². The largest absolute Gasteiger partial charge is 0.397 e. The maximum Gasteiger partial charge on any atom is 0.397 e. The van der Waals surface area contributed by atoms with E-state index >= 15 is 0 Å². The van der Waals surface area contributed by atoms with Crippen LogP contribution < -0.4 is 10.6 Å². The third kappa shape index (κ3) is 6.56. The molecule has 1 aliphatic rings. The van der Waals surface area contributed by atoms with E-state index in [-0.39, 0.29) is 30.0 Å². The molecule has 2 rings (SSSR count). The molecular formula is C12H19ClF3N5OS. The first-order valence-electron chi connectivity index (χ1n) is 6.91. The van der Waals surface area contributed by atoms with Crippen LogP contribution in [-0.4, -0.2) is 51.4 Å². The molecule has 6 nitrogen and oxygen atoms in total. The summed E-state index contributed by atoms with van der Waals surface area (Å²) < 4.78 is 37.5. The van der Waals surface area contributed by atoms with E-state index < -0.39 is 17.8 Å². The minimum absolute atomic E-state index is 0. The van der Waals surface area contributed by atoms with E-state index in [2.05, 4.69) is 20.7 Å². The molecule has 11 heteroatoms. The van der Waals surface area contributed by atoms with Crippen molar-refractivity contribution < 1.29 is 18.0 Å². The van der Waals surface area contributed by atoms with Crippen LogP contribution in [0.4, 0.5) is 19.1 Å². The van der Waals surface area contributed by atoms with E-state index in [4.69, 9.17) is 0 Å². The SMILES string of the molecule is Cl.Cn1nc(C2CCNCC2)nc1NC(=O)CSCC(F)(F)F. The Kier molecular flexibility index (Phi) is 7.62. The fourth-order valence-corrected chi connectivity index (χ4v) is 2.78. The lowest BCUT2D eigenvalue weighted by Crippen LogP contribution is -2.27. The summed E-state index contributed by atoms with van der Waals surface area (Å²) in [5.41, 5.74) is 0. The third-order valence-electron chi connectivity index (χ3n) is 3.23. The van der Waals surface area contributed by atoms with Crippen molar-refractivity contribution in [1.29, 1.82) is 0 Å². The number of rotatable bonds is 5. The van der Waals surface area contributed by atoms with Crippen molar-refractivity contribution in [3.63, 3.8) is 0 Å². The molecule has 0 aliphatic carbocycles. The van der Waals surface area contributed by atoms with Crippen molar-refractivity contribution in [3.05, 3.63) is 5.82 Å². The van der Waals surface area contributed by atoms with Gasteiger partial charge in [-0.3, -0.25) is 10.1 Å². The number of carbonyl (C=O) groups excluding carboxylic acids is 1. The molecule has 1 aromatic rings. The van der Waals surface area contributed by atoms with Crippen molar-refractivity contribution in [1.82, 2.24) is 20.1 Å². The Hall–Kier alpha value is -1.00. The molecule has 0 saturated carbocycles. The summed E-state index contributed by atoms with van der Waals surface area (Å²) in [5, 5.41) is 10.0. The molecule has 2 heterocycles. The van der Waals surface area contributed by atoms with Crippen LogP contribution in [0.2, 0.25) is 0 Å². The molecule has 0 spiro atoms. The third-order valence-corrected chi connectivity index (χ3v) is 4.23. The summed E-state index contributed by atoms with van der Waals surface area (Å²) in [6.07, 6.45) is -2.41. The number of amides is 1. The van der Waals surface area contributed by atoms with Crippen LogP contribution in [0.5, 0.6) is 0 Å². The monoisotopic (exact) mass is 373 g/mol. The number of carbonyl (C=O) groups is 1. The molecule has 1 saturated heterocycles. The molecule has 1 aromatic heterocycles. The van der Waals surface area contributed by atoms with Crippen LogP contribution in [0, 0.1) is 0 Å². The predicted molar refractivity (Wildman–Crippen MR) is 85.1 cm³/mol. The molecule has 132 valence electrons. The average molecular weight is 374 g/mol. The average Bonchev–Trinajstić information content (AvgIpc) is 2.80. The number of aromatic nitrogens is 3. The number of anilines is 1. The molecule has 0 radical (unpaired) electrons. The van der Waals surface area contributed by atoms with Crippen molar-refractivity contribution in [2.45, 2.75) is 24.9 Å². The van der Waals surface area contributed by atoms with Gasteiger partial charge in [0.15, 0.2) is 5.82 Å². The van der Waals surface area contributed by atoms with E-state index in [1.807, 2.05) is 0 Å². The molecule has 23 heavy (non-hydrogen) atoms. The second kappa shape index (κ2) is 8.74. The van der Waals surface area contributed by atoms with Gasteiger partial charge in [-0.05, 0) is 25.9 Å². The normalized spacial score (nSPS) is 16.0. The molecule has 0 aromatic carbocycles. The van der Waals surface area contributed by atoms with E-state index in [0.29, 0.717) is 17.6 Å². The molecule has 1 aliphatic heterocycles. The maximum absolute atomic E-state index is 12.0. The molecule has 2 N–H and O–H groups in total. The number of aryl methyl sites for hydroxylation is 1. The summed E-state index contributed by atoms with van der Waals surface area (Å²) in [6.45, 7) is 1.80. The van der Waals surface area contributed by atoms with E-state index in [9.17, 15) is 18.0 Å². The number of nitrogens with one attached hydrogen (secondary N) is 2. The summed E-state index contributed by atoms with van der Waals surface area (Å²) in [7, 11) is 1.65. The zero-order valence-electron chi connectivity index (χ0n) is 12.5. The van der Waals surface area contributed by atoms with Gasteiger partial charge in [-0.25, -0.2) is 4.68 Å². The van der Waals surface area contributed by atoms with Crippen molar-refractivity contribution in [2.75, 3.05) is 29.9 Å². The van der Waals surface area contributed by atoms with Gasteiger partial charge in [0.05, 0.1) is 11.5 Å². The standard InChI is InChI=1S/C12H18F3N5OS.ClH/c1-20-11(17-9(21)6-22-7-12(13,14)15)18-10(19-20)8-2-4-16-5-3-8;/h8,16H,2-7H2,1H3,(H,17,18,19,21);1H. The van der Waals surface area contributed by atoms with Gasteiger partial charge in [0.25, 0.3) is 0 Å². The number of hydrogen-bond donors (Lipinski definition) is 2. The number of thioether (sulfide) groups is 1. The van der Waals surface area contributed by atoms with Crippen LogP contribution in [0.25, 0.3) is 0 Å². The summed E-state index contributed by atoms with van der Waals surface area (Å²) in [5.74, 6) is -0.637. The molecule has 1 fully saturated rings. The Bertz CT molecular complexity index is 519. The lowest BCUT2D eigenvalue weighted by Gasteiger charge is -2.19. The highest BCUT2D eigenvalue weighted by atomic mass is 35.5. The van der Waals surface area contributed by atoms with Crippen LogP contribution in [0.1, 0.15) is 24.6 Å². The Morgan fingerprint density at radius 2 is 2.09 bits per heavy atom. The van der Waals surface area contributed by atoms with Gasteiger partial charge in [-0.1, -0.05) is 0 Å². The fourth-order valence-electron chi connectivity index (χ4n) is 2.19. The zero-order valence-corrected chi connectivity index (χ0v) is 14.2. The topological polar surface area (TPSA) is 71.8 Å². The van der Waals surface area contributed by atoms with Crippen molar-refractivity contribution >= 4 is 36.0 Å². The Balaban J connectivity index is 0.00000264. The highest BCUT2D eigenvalue weighted by molar-refractivity contribution is 8.00. The van der Waals surface area contributed by atoms with Crippen LogP contribution >= 0.6 is 24.2 Å². The Morgan fingerprint density at radius 1 is 1.43 bits per heavy atom. The van der Waals surface area contributed by atoms with Crippen molar-refractivity contribution in [3.8, 4) is 0 Å². The molecule has 0 unspecified atom stereocenters. The quantitative estimate of drug-likeness (QED) is 0.825. The first kappa shape index (κ1) is 20.0. The first-order valence-corrected chi connectivity index (χ1v) is 8.06. The zero-order chi connectivity index (χ0) is 16.2. The van der Waals surface area contributed by atoms with Crippen molar-refractivity contribution in [2.24, 2.45) is 7.05 Å². The number of halogens is 4. The number of hydrogen-bond acceptors (Lipinski definition) is 5. The summed E-state index contributed by atoms with van der Waals surface area (Å²) >= 11 is 0.526. The Labute approximate surface area is 142 Å². The van der Waals surface area contributed by atoms with Gasteiger partial charge in [0.2, 0.25) is 11.9 Å². The summed E-state index contributed by atoms with van der Waals surface area (Å²) in [4.78, 5) is 15.9. The van der Waals surface area contributed by atoms with Gasteiger partial charge in [-0.2, -0.15) is 23.3 Å². The Morgan fingerprint density at radius 3 is 2.70 bits per heavy atom. The van der Waals surface area contributed by atoms with Crippen LogP contribution in [0.3, 0.4) is 0 Å². The van der Waals surface area contributed by atoms with E-state index in [1.165, 1.54) is 4.68 Å². The van der Waals surface area contributed by atoms with E-state index in [1.54, 1.807) is 7.05 Å². The minimum atomic E-state index is -4.27. The lowest BCUT2D eigenvalue weighted by atomic mass is 9.98.